The van der Waals surface area contributed by atoms with Gasteiger partial charge in [-0.2, -0.15) is 4.31 Å². The van der Waals surface area contributed by atoms with Crippen molar-refractivity contribution in [2.75, 3.05) is 7.05 Å². The van der Waals surface area contributed by atoms with E-state index in [0.717, 1.165) is 12.8 Å². The molecule has 0 spiro atoms. The Labute approximate surface area is 120 Å². The lowest BCUT2D eigenvalue weighted by Crippen LogP contribution is -2.35. The topological polar surface area (TPSA) is 63.4 Å². The SMILES string of the molecule is CCCC(C)N(C)S(=O)(=O)c1cc(CN)cc(F)c1C. The Kier molecular flexibility index (Phi) is 5.68. The normalized spacial score (nSPS) is 13.8. The maximum atomic E-state index is 13.8. The van der Waals surface area contributed by atoms with Crippen LogP contribution < -0.4 is 5.73 Å². The molecule has 0 aromatic heterocycles. The largest absolute Gasteiger partial charge is 0.326 e. The second kappa shape index (κ2) is 6.65. The van der Waals surface area contributed by atoms with Gasteiger partial charge in [-0.1, -0.05) is 13.3 Å². The van der Waals surface area contributed by atoms with E-state index in [-0.39, 0.29) is 23.0 Å². The van der Waals surface area contributed by atoms with Gasteiger partial charge in [-0.15, -0.1) is 0 Å². The zero-order chi connectivity index (χ0) is 15.5. The van der Waals surface area contributed by atoms with Crippen molar-refractivity contribution in [3.63, 3.8) is 0 Å². The van der Waals surface area contributed by atoms with Gasteiger partial charge in [0.1, 0.15) is 5.82 Å². The third-order valence-electron chi connectivity index (χ3n) is 3.58. The third-order valence-corrected chi connectivity index (χ3v) is 5.67. The number of nitrogens with two attached hydrogens (primary N) is 1. The van der Waals surface area contributed by atoms with Crippen molar-refractivity contribution >= 4 is 10.0 Å². The zero-order valence-corrected chi connectivity index (χ0v) is 13.3. The Balaban J connectivity index is 3.31. The van der Waals surface area contributed by atoms with Crippen molar-refractivity contribution in [3.05, 3.63) is 29.1 Å². The molecule has 0 aliphatic carbocycles. The highest BCUT2D eigenvalue weighted by atomic mass is 32.2. The number of hydrogen-bond acceptors (Lipinski definition) is 3. The molecule has 4 nitrogen and oxygen atoms in total. The molecule has 0 radical (unpaired) electrons. The van der Waals surface area contributed by atoms with E-state index in [2.05, 4.69) is 0 Å². The van der Waals surface area contributed by atoms with Crippen molar-refractivity contribution in [3.8, 4) is 0 Å². The van der Waals surface area contributed by atoms with Crippen LogP contribution in [0, 0.1) is 12.7 Å². The molecule has 0 aliphatic rings. The molecule has 1 unspecified atom stereocenters. The van der Waals surface area contributed by atoms with Gasteiger partial charge in [-0.05, 0) is 38.0 Å². The van der Waals surface area contributed by atoms with Gasteiger partial charge < -0.3 is 5.73 Å². The summed E-state index contributed by atoms with van der Waals surface area (Å²) in [7, 11) is -2.18. The first kappa shape index (κ1) is 17.1. The van der Waals surface area contributed by atoms with Gasteiger partial charge in [0.25, 0.3) is 0 Å². The van der Waals surface area contributed by atoms with Crippen molar-refractivity contribution in [2.24, 2.45) is 5.73 Å². The van der Waals surface area contributed by atoms with Crippen LogP contribution in [0.25, 0.3) is 0 Å². The summed E-state index contributed by atoms with van der Waals surface area (Å²) >= 11 is 0. The second-order valence-corrected chi connectivity index (χ2v) is 7.03. The highest BCUT2D eigenvalue weighted by molar-refractivity contribution is 7.89. The summed E-state index contributed by atoms with van der Waals surface area (Å²) in [5.74, 6) is -0.539. The fourth-order valence-electron chi connectivity index (χ4n) is 2.08. The molecular weight excluding hydrogens is 279 g/mol. The zero-order valence-electron chi connectivity index (χ0n) is 12.5. The summed E-state index contributed by atoms with van der Waals surface area (Å²) in [6.07, 6.45) is 1.64. The first-order valence-electron chi connectivity index (χ1n) is 6.72. The molecule has 1 aromatic rings. The number of benzene rings is 1. The monoisotopic (exact) mass is 302 g/mol. The smallest absolute Gasteiger partial charge is 0.243 e. The van der Waals surface area contributed by atoms with Gasteiger partial charge >= 0.3 is 0 Å². The fraction of sp³-hybridized carbons (Fsp3) is 0.571. The van der Waals surface area contributed by atoms with Crippen molar-refractivity contribution < 1.29 is 12.8 Å². The predicted octanol–water partition coefficient (Wildman–Crippen LogP) is 2.40. The Hall–Kier alpha value is -0.980. The second-order valence-electron chi connectivity index (χ2n) is 5.06. The maximum absolute atomic E-state index is 13.8. The summed E-state index contributed by atoms with van der Waals surface area (Å²) in [4.78, 5) is 0.00315. The standard InChI is InChI=1S/C14H23FN2O2S/c1-5-6-10(2)17(4)20(18,19)14-8-12(9-16)7-13(15)11(14)3/h7-8,10H,5-6,9,16H2,1-4H3. The van der Waals surface area contributed by atoms with Crippen LogP contribution in [0.15, 0.2) is 17.0 Å². The molecule has 1 atom stereocenters. The average Bonchev–Trinajstić information content (AvgIpc) is 2.40. The molecule has 20 heavy (non-hydrogen) atoms. The van der Waals surface area contributed by atoms with E-state index < -0.39 is 15.8 Å². The van der Waals surface area contributed by atoms with Gasteiger partial charge in [0.05, 0.1) is 4.90 Å². The maximum Gasteiger partial charge on any atom is 0.243 e. The van der Waals surface area contributed by atoms with Gasteiger partial charge in [0.15, 0.2) is 0 Å². The lowest BCUT2D eigenvalue weighted by Gasteiger charge is -2.25. The van der Waals surface area contributed by atoms with Crippen molar-refractivity contribution in [1.82, 2.24) is 4.31 Å². The number of nitrogens with zero attached hydrogens (tertiary/aromatic N) is 1. The molecule has 0 saturated heterocycles. The molecule has 2 N–H and O–H groups in total. The van der Waals surface area contributed by atoms with Crippen molar-refractivity contribution in [1.29, 1.82) is 0 Å². The first-order valence-corrected chi connectivity index (χ1v) is 8.16. The van der Waals surface area contributed by atoms with E-state index in [4.69, 9.17) is 5.73 Å². The van der Waals surface area contributed by atoms with E-state index in [0.29, 0.717) is 5.56 Å². The number of halogens is 1. The highest BCUT2D eigenvalue weighted by Crippen LogP contribution is 2.25. The van der Waals surface area contributed by atoms with Crippen LogP contribution in [0.1, 0.15) is 37.8 Å². The minimum atomic E-state index is -3.71. The third kappa shape index (κ3) is 3.37. The molecule has 114 valence electrons. The molecule has 6 heteroatoms. The molecule has 0 bridgehead atoms. The van der Waals surface area contributed by atoms with Crippen LogP contribution in [0.5, 0.6) is 0 Å². The molecule has 1 aromatic carbocycles. The molecule has 1 rings (SSSR count). The fourth-order valence-corrected chi connectivity index (χ4v) is 3.76. The summed E-state index contributed by atoms with van der Waals surface area (Å²) < 4.78 is 40.4. The molecule has 0 aliphatic heterocycles. The molecular formula is C14H23FN2O2S. The van der Waals surface area contributed by atoms with Gasteiger partial charge in [0.2, 0.25) is 10.0 Å². The molecule has 0 fully saturated rings. The summed E-state index contributed by atoms with van der Waals surface area (Å²) in [6, 6.07) is 2.61. The van der Waals surface area contributed by atoms with Crippen LogP contribution in [-0.4, -0.2) is 25.8 Å². The van der Waals surface area contributed by atoms with Crippen LogP contribution in [0.3, 0.4) is 0 Å². The van der Waals surface area contributed by atoms with Crippen LogP contribution in [0.2, 0.25) is 0 Å². The number of hydrogen-bond donors (Lipinski definition) is 1. The average molecular weight is 302 g/mol. The summed E-state index contributed by atoms with van der Waals surface area (Å²) in [5, 5.41) is 0. The highest BCUT2D eigenvalue weighted by Gasteiger charge is 2.27. The van der Waals surface area contributed by atoms with E-state index in [1.54, 1.807) is 0 Å². The quantitative estimate of drug-likeness (QED) is 0.877. The summed E-state index contributed by atoms with van der Waals surface area (Å²) in [6.45, 7) is 5.42. The molecule has 0 heterocycles. The lowest BCUT2D eigenvalue weighted by atomic mass is 10.1. The minimum absolute atomic E-state index is 0.00315. The Morgan fingerprint density at radius 2 is 2.00 bits per heavy atom. The number of rotatable bonds is 6. The lowest BCUT2D eigenvalue weighted by molar-refractivity contribution is 0.368. The van der Waals surface area contributed by atoms with E-state index >= 15 is 0 Å². The van der Waals surface area contributed by atoms with E-state index in [9.17, 15) is 12.8 Å². The first-order chi connectivity index (χ1) is 9.25. The van der Waals surface area contributed by atoms with Gasteiger partial charge in [-0.25, -0.2) is 12.8 Å². The van der Waals surface area contributed by atoms with Gasteiger partial charge in [-0.3, -0.25) is 0 Å². The Bertz CT molecular complexity index is 573. The van der Waals surface area contributed by atoms with Gasteiger partial charge in [0, 0.05) is 25.2 Å². The van der Waals surface area contributed by atoms with Crippen LogP contribution >= 0.6 is 0 Å². The van der Waals surface area contributed by atoms with E-state index in [1.165, 1.54) is 30.4 Å². The predicted molar refractivity (Wildman–Crippen MR) is 78.3 cm³/mol. The molecule has 0 saturated carbocycles. The Morgan fingerprint density at radius 3 is 2.50 bits per heavy atom. The van der Waals surface area contributed by atoms with Crippen LogP contribution in [0.4, 0.5) is 4.39 Å². The summed E-state index contributed by atoms with van der Waals surface area (Å²) in [5.41, 5.74) is 6.10. The number of sulfonamides is 1. The Morgan fingerprint density at radius 1 is 1.40 bits per heavy atom. The molecule has 0 amide bonds. The minimum Gasteiger partial charge on any atom is -0.326 e. The van der Waals surface area contributed by atoms with E-state index in [1.807, 2.05) is 13.8 Å². The van der Waals surface area contributed by atoms with Crippen LogP contribution in [-0.2, 0) is 16.6 Å². The van der Waals surface area contributed by atoms with Crippen molar-refractivity contribution in [2.45, 2.75) is 51.1 Å².